The normalized spacial score (nSPS) is 17.8. The highest BCUT2D eigenvalue weighted by atomic mass is 35.5. The molecule has 1 atom stereocenters. The van der Waals surface area contributed by atoms with Gasteiger partial charge in [0.2, 0.25) is 0 Å². The molecule has 3 heterocycles. The molecule has 0 N–H and O–H groups in total. The minimum atomic E-state index is 0.156. The van der Waals surface area contributed by atoms with Crippen molar-refractivity contribution < 1.29 is 4.74 Å². The number of para-hydroxylation sites is 1. The SMILES string of the molecule is Clc1nc(C2CCOc3ccccc32)nc2sccc12. The molecule has 1 unspecified atom stereocenters. The molecular weight excluding hydrogens is 292 g/mol. The van der Waals surface area contributed by atoms with Crippen molar-refractivity contribution in [2.24, 2.45) is 0 Å². The van der Waals surface area contributed by atoms with E-state index in [2.05, 4.69) is 16.0 Å². The second-order valence-electron chi connectivity index (χ2n) is 4.74. The van der Waals surface area contributed by atoms with E-state index in [1.54, 1.807) is 11.3 Å². The van der Waals surface area contributed by atoms with E-state index in [0.717, 1.165) is 33.8 Å². The predicted molar refractivity (Wildman–Crippen MR) is 80.8 cm³/mol. The van der Waals surface area contributed by atoms with Crippen molar-refractivity contribution in [3.63, 3.8) is 0 Å². The zero-order valence-electron chi connectivity index (χ0n) is 10.5. The summed E-state index contributed by atoms with van der Waals surface area (Å²) in [4.78, 5) is 10.1. The lowest BCUT2D eigenvalue weighted by Crippen LogP contribution is -2.17. The number of fused-ring (bicyclic) bond motifs is 2. The molecule has 0 spiro atoms. The highest BCUT2D eigenvalue weighted by molar-refractivity contribution is 7.16. The van der Waals surface area contributed by atoms with Crippen LogP contribution in [-0.4, -0.2) is 16.6 Å². The maximum Gasteiger partial charge on any atom is 0.141 e. The van der Waals surface area contributed by atoms with Crippen LogP contribution in [0.1, 0.15) is 23.7 Å². The monoisotopic (exact) mass is 302 g/mol. The number of thiophene rings is 1. The quantitative estimate of drug-likeness (QED) is 0.630. The molecule has 0 fully saturated rings. The third-order valence-corrected chi connectivity index (χ3v) is 4.66. The van der Waals surface area contributed by atoms with Gasteiger partial charge in [-0.25, -0.2) is 9.97 Å². The second-order valence-corrected chi connectivity index (χ2v) is 5.99. The summed E-state index contributed by atoms with van der Waals surface area (Å²) in [6.07, 6.45) is 0.879. The highest BCUT2D eigenvalue weighted by Gasteiger charge is 2.25. The van der Waals surface area contributed by atoms with Crippen molar-refractivity contribution >= 4 is 33.2 Å². The molecule has 1 aromatic carbocycles. The van der Waals surface area contributed by atoms with E-state index in [-0.39, 0.29) is 5.92 Å². The fraction of sp³-hybridized carbons (Fsp3) is 0.200. The van der Waals surface area contributed by atoms with Crippen LogP contribution < -0.4 is 4.74 Å². The summed E-state index contributed by atoms with van der Waals surface area (Å²) in [6.45, 7) is 0.686. The third-order valence-electron chi connectivity index (χ3n) is 3.57. The van der Waals surface area contributed by atoms with Crippen LogP contribution in [0.2, 0.25) is 5.15 Å². The van der Waals surface area contributed by atoms with E-state index in [0.29, 0.717) is 11.8 Å². The Bertz CT molecular complexity index is 786. The average Bonchev–Trinajstić information content (AvgIpc) is 2.95. The molecule has 1 aliphatic rings. The molecule has 0 amide bonds. The molecule has 0 saturated carbocycles. The first-order chi connectivity index (χ1) is 9.83. The second kappa shape index (κ2) is 4.72. The molecule has 3 nitrogen and oxygen atoms in total. The maximum absolute atomic E-state index is 6.27. The molecule has 20 heavy (non-hydrogen) atoms. The van der Waals surface area contributed by atoms with Crippen molar-refractivity contribution in [1.82, 2.24) is 9.97 Å². The van der Waals surface area contributed by atoms with Crippen LogP contribution in [0.25, 0.3) is 10.2 Å². The number of hydrogen-bond acceptors (Lipinski definition) is 4. The van der Waals surface area contributed by atoms with Gasteiger partial charge in [-0.05, 0) is 23.9 Å². The van der Waals surface area contributed by atoms with Crippen LogP contribution in [0.5, 0.6) is 5.75 Å². The van der Waals surface area contributed by atoms with Gasteiger partial charge in [-0.15, -0.1) is 11.3 Å². The topological polar surface area (TPSA) is 35.0 Å². The smallest absolute Gasteiger partial charge is 0.141 e. The molecule has 0 radical (unpaired) electrons. The highest BCUT2D eigenvalue weighted by Crippen LogP contribution is 2.38. The van der Waals surface area contributed by atoms with Gasteiger partial charge in [-0.1, -0.05) is 29.8 Å². The fourth-order valence-corrected chi connectivity index (χ4v) is 3.67. The van der Waals surface area contributed by atoms with Crippen molar-refractivity contribution in [1.29, 1.82) is 0 Å². The van der Waals surface area contributed by atoms with Gasteiger partial charge in [0.25, 0.3) is 0 Å². The summed E-state index contributed by atoms with van der Waals surface area (Å²) in [7, 11) is 0. The first-order valence-electron chi connectivity index (χ1n) is 6.45. The lowest BCUT2D eigenvalue weighted by atomic mass is 9.92. The van der Waals surface area contributed by atoms with E-state index in [1.807, 2.05) is 29.6 Å². The zero-order chi connectivity index (χ0) is 13.5. The molecule has 0 aliphatic carbocycles. The van der Waals surface area contributed by atoms with Gasteiger partial charge in [0.05, 0.1) is 12.5 Å². The van der Waals surface area contributed by atoms with Gasteiger partial charge in [0.1, 0.15) is 21.6 Å². The number of hydrogen-bond donors (Lipinski definition) is 0. The number of halogens is 1. The van der Waals surface area contributed by atoms with Crippen molar-refractivity contribution in [2.75, 3.05) is 6.61 Å². The van der Waals surface area contributed by atoms with Crippen molar-refractivity contribution in [2.45, 2.75) is 12.3 Å². The van der Waals surface area contributed by atoms with E-state index in [1.165, 1.54) is 0 Å². The molecule has 2 aromatic heterocycles. The third kappa shape index (κ3) is 1.87. The first kappa shape index (κ1) is 12.1. The summed E-state index contributed by atoms with van der Waals surface area (Å²) in [5.41, 5.74) is 1.14. The molecule has 100 valence electrons. The summed E-state index contributed by atoms with van der Waals surface area (Å²) >= 11 is 7.87. The Morgan fingerprint density at radius 2 is 2.10 bits per heavy atom. The van der Waals surface area contributed by atoms with Gasteiger partial charge < -0.3 is 4.74 Å². The summed E-state index contributed by atoms with van der Waals surface area (Å²) < 4.78 is 5.69. The van der Waals surface area contributed by atoms with E-state index in [4.69, 9.17) is 16.3 Å². The number of rotatable bonds is 1. The fourth-order valence-electron chi connectivity index (χ4n) is 2.60. The van der Waals surface area contributed by atoms with Gasteiger partial charge in [-0.3, -0.25) is 0 Å². The number of ether oxygens (including phenoxy) is 1. The van der Waals surface area contributed by atoms with Crippen LogP contribution in [0.15, 0.2) is 35.7 Å². The van der Waals surface area contributed by atoms with Gasteiger partial charge in [0, 0.05) is 10.9 Å². The van der Waals surface area contributed by atoms with Gasteiger partial charge >= 0.3 is 0 Å². The minimum absolute atomic E-state index is 0.156. The Hall–Kier alpha value is -1.65. The summed E-state index contributed by atoms with van der Waals surface area (Å²) in [5.74, 6) is 1.87. The maximum atomic E-state index is 6.27. The Kier molecular flexibility index (Phi) is 2.86. The first-order valence-corrected chi connectivity index (χ1v) is 7.71. The Balaban J connectivity index is 1.87. The van der Waals surface area contributed by atoms with Crippen LogP contribution in [0, 0.1) is 0 Å². The Morgan fingerprint density at radius 3 is 3.05 bits per heavy atom. The number of nitrogens with zero attached hydrogens (tertiary/aromatic N) is 2. The molecule has 0 bridgehead atoms. The molecule has 1 aliphatic heterocycles. The Labute approximate surface area is 125 Å². The van der Waals surface area contributed by atoms with Crippen LogP contribution in [0.3, 0.4) is 0 Å². The van der Waals surface area contributed by atoms with Crippen LogP contribution >= 0.6 is 22.9 Å². The van der Waals surface area contributed by atoms with Gasteiger partial charge in [0.15, 0.2) is 0 Å². The van der Waals surface area contributed by atoms with E-state index in [9.17, 15) is 0 Å². The predicted octanol–water partition coefficient (Wildman–Crippen LogP) is 4.26. The van der Waals surface area contributed by atoms with E-state index < -0.39 is 0 Å². The number of aromatic nitrogens is 2. The minimum Gasteiger partial charge on any atom is -0.493 e. The molecule has 4 rings (SSSR count). The standard InChI is InChI=1S/C15H11ClN2OS/c16-13-11-6-8-20-15(11)18-14(17-13)10-5-7-19-12-4-2-1-3-9(10)12/h1-4,6,8,10H,5,7H2. The summed E-state index contributed by atoms with van der Waals surface area (Å²) in [6, 6.07) is 10.0. The van der Waals surface area contributed by atoms with Gasteiger partial charge in [-0.2, -0.15) is 0 Å². The van der Waals surface area contributed by atoms with E-state index >= 15 is 0 Å². The average molecular weight is 303 g/mol. The lowest BCUT2D eigenvalue weighted by molar-refractivity contribution is 0.274. The number of benzene rings is 1. The zero-order valence-corrected chi connectivity index (χ0v) is 12.1. The molecule has 0 saturated heterocycles. The lowest BCUT2D eigenvalue weighted by Gasteiger charge is -2.24. The van der Waals surface area contributed by atoms with Crippen molar-refractivity contribution in [3.8, 4) is 5.75 Å². The van der Waals surface area contributed by atoms with Crippen molar-refractivity contribution in [3.05, 3.63) is 52.3 Å². The largest absolute Gasteiger partial charge is 0.493 e. The molecule has 5 heteroatoms. The summed E-state index contributed by atoms with van der Waals surface area (Å²) in [5, 5.41) is 3.46. The molecular formula is C15H11ClN2OS. The van der Waals surface area contributed by atoms with Crippen LogP contribution in [0.4, 0.5) is 0 Å². The molecule has 3 aromatic rings. The Morgan fingerprint density at radius 1 is 1.20 bits per heavy atom. The van der Waals surface area contributed by atoms with Crippen LogP contribution in [-0.2, 0) is 0 Å².